The van der Waals surface area contributed by atoms with Gasteiger partial charge < -0.3 is 19.9 Å². The molecule has 3 aliphatic rings. The van der Waals surface area contributed by atoms with Crippen LogP contribution in [0.1, 0.15) is 26.2 Å². The maximum atomic E-state index is 12.4. The Bertz CT molecular complexity index is 478. The second-order valence-corrected chi connectivity index (χ2v) is 7.91. The van der Waals surface area contributed by atoms with Crippen molar-refractivity contribution in [1.82, 2.24) is 20.0 Å². The van der Waals surface area contributed by atoms with Crippen LogP contribution in [0.4, 0.5) is 0 Å². The number of rotatable bonds is 4. The molecule has 3 rings (SSSR count). The molecular formula is C18H33N5O2. The second-order valence-electron chi connectivity index (χ2n) is 7.91. The fraction of sp³-hybridized carbons (Fsp3) is 0.889. The summed E-state index contributed by atoms with van der Waals surface area (Å²) < 4.78 is 5.31. The van der Waals surface area contributed by atoms with Gasteiger partial charge in [0.05, 0.1) is 19.8 Å². The minimum atomic E-state index is 0.235. The standard InChI is InChI=1S/C18H33N5O2/c1-18(14-25-15-18)13-20-17(19-2)23-10-8-21(9-11-23)12-16(24)22-6-4-3-5-7-22/h3-15H2,1-2H3,(H,19,20). The van der Waals surface area contributed by atoms with Gasteiger partial charge in [0, 0.05) is 58.3 Å². The van der Waals surface area contributed by atoms with Crippen molar-refractivity contribution in [3.63, 3.8) is 0 Å². The molecule has 25 heavy (non-hydrogen) atoms. The van der Waals surface area contributed by atoms with Crippen molar-refractivity contribution in [2.24, 2.45) is 10.4 Å². The van der Waals surface area contributed by atoms with Crippen LogP contribution in [-0.2, 0) is 9.53 Å². The molecule has 1 N–H and O–H groups in total. The highest BCUT2D eigenvalue weighted by molar-refractivity contribution is 5.80. The summed E-state index contributed by atoms with van der Waals surface area (Å²) in [6.45, 7) is 10.9. The van der Waals surface area contributed by atoms with E-state index in [4.69, 9.17) is 4.74 Å². The zero-order valence-corrected chi connectivity index (χ0v) is 15.8. The van der Waals surface area contributed by atoms with Gasteiger partial charge in [0.25, 0.3) is 0 Å². The van der Waals surface area contributed by atoms with E-state index in [0.717, 1.165) is 77.8 Å². The predicted octanol–water partition coefficient (Wildman–Crippen LogP) is 0.228. The molecule has 0 atom stereocenters. The predicted molar refractivity (Wildman–Crippen MR) is 98.7 cm³/mol. The third-order valence-corrected chi connectivity index (χ3v) is 5.53. The number of amides is 1. The normalized spacial score (nSPS) is 24.8. The Morgan fingerprint density at radius 2 is 1.72 bits per heavy atom. The van der Waals surface area contributed by atoms with Gasteiger partial charge in [0.1, 0.15) is 0 Å². The van der Waals surface area contributed by atoms with Crippen molar-refractivity contribution in [3.8, 4) is 0 Å². The first kappa shape index (κ1) is 18.5. The molecule has 0 saturated carbocycles. The number of aliphatic imine (C=N–C) groups is 1. The molecule has 7 heteroatoms. The molecular weight excluding hydrogens is 318 g/mol. The molecule has 3 heterocycles. The number of piperazine rings is 1. The van der Waals surface area contributed by atoms with Crippen LogP contribution >= 0.6 is 0 Å². The summed E-state index contributed by atoms with van der Waals surface area (Å²) in [5.41, 5.74) is 0.235. The van der Waals surface area contributed by atoms with Gasteiger partial charge in [-0.05, 0) is 19.3 Å². The molecule has 0 radical (unpaired) electrons. The van der Waals surface area contributed by atoms with Gasteiger partial charge >= 0.3 is 0 Å². The lowest BCUT2D eigenvalue weighted by molar-refractivity contribution is -0.133. The number of hydrogen-bond acceptors (Lipinski definition) is 4. The van der Waals surface area contributed by atoms with Crippen molar-refractivity contribution in [2.75, 3.05) is 72.6 Å². The minimum absolute atomic E-state index is 0.235. The molecule has 0 unspecified atom stereocenters. The van der Waals surface area contributed by atoms with Crippen LogP contribution in [0, 0.1) is 5.41 Å². The minimum Gasteiger partial charge on any atom is -0.380 e. The van der Waals surface area contributed by atoms with E-state index >= 15 is 0 Å². The highest BCUT2D eigenvalue weighted by Gasteiger charge is 2.34. The zero-order chi connectivity index (χ0) is 17.7. The quantitative estimate of drug-likeness (QED) is 0.580. The number of piperidine rings is 1. The van der Waals surface area contributed by atoms with Crippen molar-refractivity contribution < 1.29 is 9.53 Å². The molecule has 3 fully saturated rings. The van der Waals surface area contributed by atoms with Crippen LogP contribution in [0.2, 0.25) is 0 Å². The summed E-state index contributed by atoms with van der Waals surface area (Å²) in [4.78, 5) is 23.5. The lowest BCUT2D eigenvalue weighted by Crippen LogP contribution is -2.56. The summed E-state index contributed by atoms with van der Waals surface area (Å²) >= 11 is 0. The number of nitrogens with zero attached hydrogens (tertiary/aromatic N) is 4. The Hall–Kier alpha value is -1.34. The molecule has 0 aliphatic carbocycles. The van der Waals surface area contributed by atoms with Crippen LogP contribution in [0.15, 0.2) is 4.99 Å². The first-order valence-corrected chi connectivity index (χ1v) is 9.63. The topological polar surface area (TPSA) is 60.4 Å². The smallest absolute Gasteiger partial charge is 0.236 e. The van der Waals surface area contributed by atoms with Gasteiger partial charge in [-0.15, -0.1) is 0 Å². The fourth-order valence-electron chi connectivity index (χ4n) is 3.73. The molecule has 0 spiro atoms. The van der Waals surface area contributed by atoms with E-state index < -0.39 is 0 Å². The van der Waals surface area contributed by atoms with E-state index in [9.17, 15) is 4.79 Å². The van der Waals surface area contributed by atoms with E-state index in [-0.39, 0.29) is 5.41 Å². The monoisotopic (exact) mass is 351 g/mol. The SMILES string of the molecule is CN=C(NCC1(C)COC1)N1CCN(CC(=O)N2CCCCC2)CC1. The number of carbonyl (C=O) groups is 1. The molecule has 3 aliphatic heterocycles. The molecule has 7 nitrogen and oxygen atoms in total. The largest absolute Gasteiger partial charge is 0.380 e. The highest BCUT2D eigenvalue weighted by atomic mass is 16.5. The lowest BCUT2D eigenvalue weighted by Gasteiger charge is -2.41. The number of hydrogen-bond donors (Lipinski definition) is 1. The molecule has 0 aromatic carbocycles. The summed E-state index contributed by atoms with van der Waals surface area (Å²) in [6, 6.07) is 0. The van der Waals surface area contributed by atoms with E-state index in [0.29, 0.717) is 12.5 Å². The van der Waals surface area contributed by atoms with E-state index in [1.165, 1.54) is 6.42 Å². The van der Waals surface area contributed by atoms with E-state index in [2.05, 4.69) is 27.0 Å². The number of ether oxygens (including phenoxy) is 1. The molecule has 1 amide bonds. The fourth-order valence-corrected chi connectivity index (χ4v) is 3.73. The average molecular weight is 351 g/mol. The van der Waals surface area contributed by atoms with Crippen LogP contribution in [0.25, 0.3) is 0 Å². The average Bonchev–Trinajstić information content (AvgIpc) is 2.62. The van der Waals surface area contributed by atoms with Crippen LogP contribution in [-0.4, -0.2) is 99.2 Å². The summed E-state index contributed by atoms with van der Waals surface area (Å²) in [5, 5.41) is 3.49. The van der Waals surface area contributed by atoms with Crippen molar-refractivity contribution >= 4 is 11.9 Å². The van der Waals surface area contributed by atoms with Gasteiger partial charge in [-0.1, -0.05) is 6.92 Å². The first-order valence-electron chi connectivity index (χ1n) is 9.63. The molecule has 142 valence electrons. The number of likely N-dealkylation sites (tertiary alicyclic amines) is 1. The zero-order valence-electron chi connectivity index (χ0n) is 15.8. The summed E-state index contributed by atoms with van der Waals surface area (Å²) in [6.07, 6.45) is 3.58. The number of nitrogens with one attached hydrogen (secondary N) is 1. The van der Waals surface area contributed by atoms with E-state index in [1.54, 1.807) is 0 Å². The van der Waals surface area contributed by atoms with Gasteiger partial charge in [0.2, 0.25) is 5.91 Å². The van der Waals surface area contributed by atoms with Gasteiger partial charge in [-0.3, -0.25) is 14.7 Å². The van der Waals surface area contributed by atoms with Crippen molar-refractivity contribution in [3.05, 3.63) is 0 Å². The van der Waals surface area contributed by atoms with Crippen LogP contribution in [0.5, 0.6) is 0 Å². The molecule has 0 aromatic rings. The summed E-state index contributed by atoms with van der Waals surface area (Å²) in [7, 11) is 1.84. The number of guanidine groups is 1. The van der Waals surface area contributed by atoms with Crippen molar-refractivity contribution in [2.45, 2.75) is 26.2 Å². The van der Waals surface area contributed by atoms with Crippen LogP contribution < -0.4 is 5.32 Å². The molecule has 0 aromatic heterocycles. The Labute approximate surface area is 151 Å². The van der Waals surface area contributed by atoms with Crippen LogP contribution in [0.3, 0.4) is 0 Å². The van der Waals surface area contributed by atoms with Gasteiger partial charge in [0.15, 0.2) is 5.96 Å². The lowest BCUT2D eigenvalue weighted by atomic mass is 9.89. The molecule has 0 bridgehead atoms. The Kier molecular flexibility index (Phi) is 6.17. The second kappa shape index (κ2) is 8.36. The maximum absolute atomic E-state index is 12.4. The third-order valence-electron chi connectivity index (χ3n) is 5.53. The highest BCUT2D eigenvalue weighted by Crippen LogP contribution is 2.25. The third kappa shape index (κ3) is 4.85. The number of carbonyl (C=O) groups excluding carboxylic acids is 1. The van der Waals surface area contributed by atoms with Gasteiger partial charge in [-0.2, -0.15) is 0 Å². The maximum Gasteiger partial charge on any atom is 0.236 e. The summed E-state index contributed by atoms with van der Waals surface area (Å²) in [5.74, 6) is 1.27. The Morgan fingerprint density at radius 3 is 2.28 bits per heavy atom. The van der Waals surface area contributed by atoms with E-state index in [1.807, 2.05) is 11.9 Å². The Balaban J connectivity index is 1.40. The first-order chi connectivity index (χ1) is 12.1. The van der Waals surface area contributed by atoms with Crippen molar-refractivity contribution in [1.29, 1.82) is 0 Å². The Morgan fingerprint density at radius 1 is 1.04 bits per heavy atom. The van der Waals surface area contributed by atoms with Gasteiger partial charge in [-0.25, -0.2) is 0 Å². The molecule has 3 saturated heterocycles.